The Labute approximate surface area is 160 Å². The summed E-state index contributed by atoms with van der Waals surface area (Å²) in [6.07, 6.45) is 0. The molecule has 0 saturated carbocycles. The van der Waals surface area contributed by atoms with Crippen LogP contribution in [0.15, 0.2) is 48.5 Å². The lowest BCUT2D eigenvalue weighted by molar-refractivity contribution is -0.142. The topological polar surface area (TPSA) is 72.9 Å². The first-order valence-electron chi connectivity index (χ1n) is 8.03. The second-order valence-corrected chi connectivity index (χ2v) is 6.71. The van der Waals surface area contributed by atoms with Crippen molar-refractivity contribution in [2.45, 2.75) is 6.04 Å². The molecule has 136 valence electrons. The quantitative estimate of drug-likeness (QED) is 0.835. The monoisotopic (exact) mass is 393 g/mol. The Balaban J connectivity index is 2.05. The van der Waals surface area contributed by atoms with Gasteiger partial charge in [0.25, 0.3) is 0 Å². The maximum atomic E-state index is 13.3. The molecule has 8 heteroatoms. The Bertz CT molecular complexity index is 796. The Kier molecular flexibility index (Phi) is 5.66. The molecule has 0 radical (unpaired) electrons. The van der Waals surface area contributed by atoms with E-state index >= 15 is 0 Å². The first-order chi connectivity index (χ1) is 12.5. The van der Waals surface area contributed by atoms with Crippen molar-refractivity contribution in [2.75, 3.05) is 24.5 Å². The van der Waals surface area contributed by atoms with Crippen LogP contribution >= 0.6 is 23.2 Å². The minimum absolute atomic E-state index is 0.194. The summed E-state index contributed by atoms with van der Waals surface area (Å²) in [7, 11) is 0. The fraction of sp³-hybridized carbons (Fsp3) is 0.222. The zero-order chi connectivity index (χ0) is 18.7. The molecule has 2 aromatic rings. The summed E-state index contributed by atoms with van der Waals surface area (Å²) in [6.45, 7) is 1.00. The van der Waals surface area contributed by atoms with Gasteiger partial charge in [-0.3, -0.25) is 4.90 Å². The third-order valence-electron chi connectivity index (χ3n) is 4.09. The third kappa shape index (κ3) is 3.93. The maximum Gasteiger partial charge on any atom is 0.329 e. The number of carboxylic acids is 1. The Morgan fingerprint density at radius 3 is 2.35 bits per heavy atom. The van der Waals surface area contributed by atoms with Gasteiger partial charge in [0.2, 0.25) is 0 Å². The van der Waals surface area contributed by atoms with E-state index in [0.29, 0.717) is 28.0 Å². The van der Waals surface area contributed by atoms with Gasteiger partial charge in [0, 0.05) is 29.7 Å². The van der Waals surface area contributed by atoms with Crippen LogP contribution in [0.5, 0.6) is 0 Å². The molecule has 2 N–H and O–H groups in total. The van der Waals surface area contributed by atoms with Gasteiger partial charge in [-0.2, -0.15) is 0 Å². The molecule has 0 spiro atoms. The number of piperazine rings is 1. The van der Waals surface area contributed by atoms with Crippen LogP contribution in [0.25, 0.3) is 0 Å². The van der Waals surface area contributed by atoms with Crippen LogP contribution in [0.4, 0.5) is 16.2 Å². The normalized spacial score (nSPS) is 17.0. The number of carbonyl (C=O) groups excluding carboxylic acids is 1. The number of halogens is 2. The molecule has 2 amide bonds. The smallest absolute Gasteiger partial charge is 0.329 e. The number of aliphatic carboxylic acids is 1. The average molecular weight is 394 g/mol. The molecule has 26 heavy (non-hydrogen) atoms. The van der Waals surface area contributed by atoms with Crippen molar-refractivity contribution in [1.29, 1.82) is 0 Å². The van der Waals surface area contributed by atoms with E-state index in [0.717, 1.165) is 0 Å². The van der Waals surface area contributed by atoms with Crippen molar-refractivity contribution >= 4 is 46.6 Å². The van der Waals surface area contributed by atoms with Crippen molar-refractivity contribution in [1.82, 2.24) is 10.2 Å². The molecule has 0 aromatic heterocycles. The van der Waals surface area contributed by atoms with Gasteiger partial charge in [-0.1, -0.05) is 41.4 Å². The SMILES string of the molecule is O=C(O)[C@@H]1CNCCN1C(=O)N(c1ccccc1)c1cc(Cl)cc(Cl)c1. The van der Waals surface area contributed by atoms with Gasteiger partial charge in [-0.15, -0.1) is 0 Å². The molecule has 6 nitrogen and oxygen atoms in total. The predicted molar refractivity (Wildman–Crippen MR) is 101 cm³/mol. The molecule has 0 unspecified atom stereocenters. The molecule has 0 bridgehead atoms. The summed E-state index contributed by atoms with van der Waals surface area (Å²) in [4.78, 5) is 27.7. The molecule has 0 aliphatic carbocycles. The highest BCUT2D eigenvalue weighted by atomic mass is 35.5. The van der Waals surface area contributed by atoms with Crippen molar-refractivity contribution in [3.63, 3.8) is 0 Å². The lowest BCUT2D eigenvalue weighted by atomic mass is 10.2. The maximum absolute atomic E-state index is 13.3. The predicted octanol–water partition coefficient (Wildman–Crippen LogP) is 3.61. The molecule has 1 saturated heterocycles. The van der Waals surface area contributed by atoms with E-state index in [9.17, 15) is 14.7 Å². The number of nitrogens with one attached hydrogen (secondary N) is 1. The lowest BCUT2D eigenvalue weighted by Gasteiger charge is -2.37. The largest absolute Gasteiger partial charge is 0.480 e. The molecular formula is C18H17Cl2N3O3. The van der Waals surface area contributed by atoms with Crippen LogP contribution in [0.3, 0.4) is 0 Å². The Hall–Kier alpha value is -2.28. The molecule has 1 atom stereocenters. The molecular weight excluding hydrogens is 377 g/mol. The second-order valence-electron chi connectivity index (χ2n) is 5.83. The fourth-order valence-electron chi connectivity index (χ4n) is 2.90. The Morgan fingerprint density at radius 2 is 1.73 bits per heavy atom. The number of nitrogens with zero attached hydrogens (tertiary/aromatic N) is 2. The van der Waals surface area contributed by atoms with Crippen molar-refractivity contribution in [3.05, 3.63) is 58.6 Å². The van der Waals surface area contributed by atoms with E-state index < -0.39 is 18.0 Å². The van der Waals surface area contributed by atoms with Crippen molar-refractivity contribution < 1.29 is 14.7 Å². The van der Waals surface area contributed by atoms with E-state index in [4.69, 9.17) is 23.2 Å². The number of urea groups is 1. The van der Waals surface area contributed by atoms with Crippen LogP contribution in [0.1, 0.15) is 0 Å². The number of carbonyl (C=O) groups is 2. The van der Waals surface area contributed by atoms with Crippen LogP contribution in [0, 0.1) is 0 Å². The number of benzene rings is 2. The van der Waals surface area contributed by atoms with Gasteiger partial charge in [-0.05, 0) is 30.3 Å². The zero-order valence-corrected chi connectivity index (χ0v) is 15.2. The van der Waals surface area contributed by atoms with E-state index in [-0.39, 0.29) is 13.1 Å². The van der Waals surface area contributed by atoms with Crippen LogP contribution < -0.4 is 10.2 Å². The summed E-state index contributed by atoms with van der Waals surface area (Å²) in [6, 6.07) is 12.4. The van der Waals surface area contributed by atoms with Gasteiger partial charge in [-0.25, -0.2) is 9.59 Å². The second kappa shape index (κ2) is 7.95. The number of hydrogen-bond acceptors (Lipinski definition) is 3. The summed E-state index contributed by atoms with van der Waals surface area (Å²) in [5.74, 6) is -1.05. The molecule has 1 aliphatic rings. The molecule has 3 rings (SSSR count). The summed E-state index contributed by atoms with van der Waals surface area (Å²) in [5.41, 5.74) is 1.07. The van der Waals surface area contributed by atoms with Gasteiger partial charge in [0.1, 0.15) is 6.04 Å². The minimum Gasteiger partial charge on any atom is -0.480 e. The number of carboxylic acid groups (broad SMARTS) is 1. The zero-order valence-electron chi connectivity index (χ0n) is 13.7. The number of rotatable bonds is 3. The summed E-state index contributed by atoms with van der Waals surface area (Å²) in [5, 5.41) is 13.2. The highest BCUT2D eigenvalue weighted by Gasteiger charge is 2.35. The standard InChI is InChI=1S/C18H17Cl2N3O3/c19-12-8-13(20)10-15(9-12)23(14-4-2-1-3-5-14)18(26)22-7-6-21-11-16(22)17(24)25/h1-5,8-10,16,21H,6-7,11H2,(H,24,25)/t16-/m0/s1. The van der Waals surface area contributed by atoms with E-state index in [2.05, 4.69) is 5.32 Å². The summed E-state index contributed by atoms with van der Waals surface area (Å²) >= 11 is 12.2. The average Bonchev–Trinajstić information content (AvgIpc) is 2.62. The molecule has 1 aliphatic heterocycles. The van der Waals surface area contributed by atoms with E-state index in [1.54, 1.807) is 42.5 Å². The number of hydrogen-bond donors (Lipinski definition) is 2. The van der Waals surface area contributed by atoms with E-state index in [1.165, 1.54) is 9.80 Å². The van der Waals surface area contributed by atoms with E-state index in [1.807, 2.05) is 6.07 Å². The summed E-state index contributed by atoms with van der Waals surface area (Å²) < 4.78 is 0. The first kappa shape index (κ1) is 18.5. The minimum atomic E-state index is -1.05. The first-order valence-corrected chi connectivity index (χ1v) is 8.78. The van der Waals surface area contributed by atoms with Gasteiger partial charge < -0.3 is 15.3 Å². The molecule has 2 aromatic carbocycles. The highest BCUT2D eigenvalue weighted by Crippen LogP contribution is 2.32. The van der Waals surface area contributed by atoms with Crippen molar-refractivity contribution in [3.8, 4) is 0 Å². The van der Waals surface area contributed by atoms with Gasteiger partial charge in [0.15, 0.2) is 0 Å². The molecule has 1 heterocycles. The lowest BCUT2D eigenvalue weighted by Crippen LogP contribution is -2.59. The number of para-hydroxylation sites is 1. The van der Waals surface area contributed by atoms with Crippen LogP contribution in [0.2, 0.25) is 10.0 Å². The van der Waals surface area contributed by atoms with Gasteiger partial charge >= 0.3 is 12.0 Å². The number of amides is 2. The molecule has 1 fully saturated rings. The third-order valence-corrected chi connectivity index (χ3v) is 4.52. The fourth-order valence-corrected chi connectivity index (χ4v) is 3.41. The van der Waals surface area contributed by atoms with Crippen molar-refractivity contribution in [2.24, 2.45) is 0 Å². The van der Waals surface area contributed by atoms with Gasteiger partial charge in [0.05, 0.1) is 11.4 Å². The van der Waals surface area contributed by atoms with Crippen LogP contribution in [-0.4, -0.2) is 47.7 Å². The van der Waals surface area contributed by atoms with Crippen LogP contribution in [-0.2, 0) is 4.79 Å². The Morgan fingerprint density at radius 1 is 1.08 bits per heavy atom. The highest BCUT2D eigenvalue weighted by molar-refractivity contribution is 6.35. The number of anilines is 2.